The van der Waals surface area contributed by atoms with E-state index in [9.17, 15) is 0 Å². The maximum atomic E-state index is 3.96. The summed E-state index contributed by atoms with van der Waals surface area (Å²) in [4.78, 5) is 0. The minimum absolute atomic E-state index is 0.696. The second kappa shape index (κ2) is 4.30. The Morgan fingerprint density at radius 1 is 1.27 bits per heavy atom. The van der Waals surface area contributed by atoms with Crippen molar-refractivity contribution in [3.05, 3.63) is 42.1 Å². The Kier molecular flexibility index (Phi) is 2.86. The van der Waals surface area contributed by atoms with Gasteiger partial charge in [0.25, 0.3) is 0 Å². The van der Waals surface area contributed by atoms with Crippen LogP contribution in [0.25, 0.3) is 11.3 Å². The Hall–Kier alpha value is -1.57. The minimum atomic E-state index is 0.696. The van der Waals surface area contributed by atoms with Crippen molar-refractivity contribution in [2.75, 3.05) is 0 Å². The van der Waals surface area contributed by atoms with Crippen molar-refractivity contribution in [3.63, 3.8) is 0 Å². The van der Waals surface area contributed by atoms with Crippen molar-refractivity contribution in [3.8, 4) is 11.3 Å². The van der Waals surface area contributed by atoms with E-state index in [4.69, 9.17) is 0 Å². The van der Waals surface area contributed by atoms with Crippen LogP contribution >= 0.6 is 0 Å². The Morgan fingerprint density at radius 3 is 2.80 bits per heavy atom. The van der Waals surface area contributed by atoms with Crippen LogP contribution in [0.3, 0.4) is 0 Å². The highest BCUT2D eigenvalue weighted by Crippen LogP contribution is 2.19. The fraction of sp³-hybridized carbons (Fsp3) is 0.308. The number of rotatable bonds is 3. The molecule has 2 heteroatoms. The molecule has 0 bridgehead atoms. The van der Waals surface area contributed by atoms with Crippen LogP contribution in [0.15, 0.2) is 36.5 Å². The summed E-state index contributed by atoms with van der Waals surface area (Å²) in [5.41, 5.74) is 3.68. The van der Waals surface area contributed by atoms with Gasteiger partial charge < -0.3 is 0 Å². The van der Waals surface area contributed by atoms with Crippen LogP contribution in [-0.4, -0.2) is 10.2 Å². The van der Waals surface area contributed by atoms with Gasteiger partial charge in [-0.1, -0.05) is 32.0 Å². The average molecular weight is 200 g/mol. The van der Waals surface area contributed by atoms with Crippen LogP contribution in [0.4, 0.5) is 0 Å². The zero-order valence-electron chi connectivity index (χ0n) is 9.20. The normalized spacial score (nSPS) is 10.9. The molecule has 2 aromatic rings. The Balaban J connectivity index is 2.27. The number of aromatic amines is 1. The molecule has 1 N–H and O–H groups in total. The summed E-state index contributed by atoms with van der Waals surface area (Å²) in [6.45, 7) is 4.48. The zero-order valence-corrected chi connectivity index (χ0v) is 9.20. The maximum Gasteiger partial charge on any atom is 0.0650 e. The van der Waals surface area contributed by atoms with Crippen LogP contribution in [0.1, 0.15) is 19.4 Å². The predicted octanol–water partition coefficient (Wildman–Crippen LogP) is 3.28. The van der Waals surface area contributed by atoms with E-state index in [-0.39, 0.29) is 0 Å². The first kappa shape index (κ1) is 9.97. The standard InChI is InChI=1S/C13H16N2/c1-10(2)8-11-4-3-5-12(9-11)13-6-7-14-15-13/h3-7,9-10H,8H2,1-2H3,(H,14,15). The summed E-state index contributed by atoms with van der Waals surface area (Å²) in [6.07, 6.45) is 2.91. The average Bonchev–Trinajstić information content (AvgIpc) is 2.69. The van der Waals surface area contributed by atoms with E-state index in [1.807, 2.05) is 6.07 Å². The lowest BCUT2D eigenvalue weighted by molar-refractivity contribution is 0.647. The van der Waals surface area contributed by atoms with Crippen LogP contribution in [0.2, 0.25) is 0 Å². The van der Waals surface area contributed by atoms with Crippen molar-refractivity contribution in [2.24, 2.45) is 5.92 Å². The highest BCUT2D eigenvalue weighted by atomic mass is 15.1. The molecule has 78 valence electrons. The number of nitrogens with zero attached hydrogens (tertiary/aromatic N) is 1. The lowest BCUT2D eigenvalue weighted by Crippen LogP contribution is -1.93. The molecule has 0 saturated heterocycles. The second-order valence-electron chi connectivity index (χ2n) is 4.27. The number of H-pyrrole nitrogens is 1. The van der Waals surface area contributed by atoms with Crippen LogP contribution in [0.5, 0.6) is 0 Å². The van der Waals surface area contributed by atoms with Gasteiger partial charge in [0, 0.05) is 6.20 Å². The van der Waals surface area contributed by atoms with Crippen LogP contribution < -0.4 is 0 Å². The van der Waals surface area contributed by atoms with Gasteiger partial charge in [-0.3, -0.25) is 5.10 Å². The first-order chi connectivity index (χ1) is 7.25. The fourth-order valence-corrected chi connectivity index (χ4v) is 1.75. The monoisotopic (exact) mass is 200 g/mol. The maximum absolute atomic E-state index is 3.96. The van der Waals surface area contributed by atoms with Gasteiger partial charge in [0.2, 0.25) is 0 Å². The molecule has 0 aliphatic rings. The van der Waals surface area contributed by atoms with Gasteiger partial charge in [-0.05, 0) is 35.6 Å². The lowest BCUT2D eigenvalue weighted by Gasteiger charge is -2.06. The molecule has 2 nitrogen and oxygen atoms in total. The highest BCUT2D eigenvalue weighted by molar-refractivity contribution is 5.59. The van der Waals surface area contributed by atoms with E-state index in [0.29, 0.717) is 5.92 Å². The molecule has 2 rings (SSSR count). The molecule has 0 fully saturated rings. The number of hydrogen-bond donors (Lipinski definition) is 1. The summed E-state index contributed by atoms with van der Waals surface area (Å²) in [7, 11) is 0. The third-order valence-electron chi connectivity index (χ3n) is 2.38. The van der Waals surface area contributed by atoms with E-state index < -0.39 is 0 Å². The van der Waals surface area contributed by atoms with Crippen molar-refractivity contribution in [2.45, 2.75) is 20.3 Å². The smallest absolute Gasteiger partial charge is 0.0650 e. The van der Waals surface area contributed by atoms with Gasteiger partial charge in [-0.25, -0.2) is 0 Å². The first-order valence-corrected chi connectivity index (χ1v) is 5.34. The first-order valence-electron chi connectivity index (χ1n) is 5.34. The molecule has 0 spiro atoms. The van der Waals surface area contributed by atoms with E-state index in [1.165, 1.54) is 11.1 Å². The molecular weight excluding hydrogens is 184 g/mol. The summed E-state index contributed by atoms with van der Waals surface area (Å²) in [5, 5.41) is 6.95. The summed E-state index contributed by atoms with van der Waals surface area (Å²) < 4.78 is 0. The number of nitrogens with one attached hydrogen (secondary N) is 1. The van der Waals surface area contributed by atoms with Gasteiger partial charge in [0.1, 0.15) is 0 Å². The van der Waals surface area contributed by atoms with Crippen LogP contribution in [0, 0.1) is 5.92 Å². The Morgan fingerprint density at radius 2 is 2.13 bits per heavy atom. The molecule has 0 unspecified atom stereocenters. The van der Waals surface area contributed by atoms with Gasteiger partial charge in [0.15, 0.2) is 0 Å². The minimum Gasteiger partial charge on any atom is -0.278 e. The Labute approximate surface area is 90.3 Å². The molecule has 0 atom stereocenters. The third kappa shape index (κ3) is 2.46. The van der Waals surface area contributed by atoms with E-state index in [2.05, 4.69) is 48.3 Å². The summed E-state index contributed by atoms with van der Waals surface area (Å²) in [5.74, 6) is 0.696. The molecule has 0 amide bonds. The topological polar surface area (TPSA) is 28.7 Å². The third-order valence-corrected chi connectivity index (χ3v) is 2.38. The largest absolute Gasteiger partial charge is 0.278 e. The van der Waals surface area contributed by atoms with Crippen molar-refractivity contribution in [1.82, 2.24) is 10.2 Å². The van der Waals surface area contributed by atoms with E-state index >= 15 is 0 Å². The molecule has 0 aliphatic heterocycles. The molecule has 1 aromatic carbocycles. The molecule has 0 aliphatic carbocycles. The second-order valence-corrected chi connectivity index (χ2v) is 4.27. The van der Waals surface area contributed by atoms with Crippen molar-refractivity contribution >= 4 is 0 Å². The van der Waals surface area contributed by atoms with E-state index in [1.54, 1.807) is 6.20 Å². The van der Waals surface area contributed by atoms with Crippen molar-refractivity contribution < 1.29 is 0 Å². The molecular formula is C13H16N2. The molecule has 1 heterocycles. The number of aromatic nitrogens is 2. The van der Waals surface area contributed by atoms with Gasteiger partial charge in [-0.15, -0.1) is 0 Å². The SMILES string of the molecule is CC(C)Cc1cccc(-c2ccn[nH]2)c1. The van der Waals surface area contributed by atoms with Gasteiger partial charge in [-0.2, -0.15) is 5.10 Å². The predicted molar refractivity (Wildman–Crippen MR) is 62.6 cm³/mol. The number of hydrogen-bond acceptors (Lipinski definition) is 1. The quantitative estimate of drug-likeness (QED) is 0.809. The lowest BCUT2D eigenvalue weighted by atomic mass is 10.0. The highest BCUT2D eigenvalue weighted by Gasteiger charge is 2.01. The van der Waals surface area contributed by atoms with Crippen LogP contribution in [-0.2, 0) is 6.42 Å². The molecule has 0 saturated carbocycles. The Bertz CT molecular complexity index is 416. The summed E-state index contributed by atoms with van der Waals surface area (Å²) in [6, 6.07) is 10.6. The molecule has 15 heavy (non-hydrogen) atoms. The zero-order chi connectivity index (χ0) is 10.7. The van der Waals surface area contributed by atoms with Gasteiger partial charge in [0.05, 0.1) is 5.69 Å². The van der Waals surface area contributed by atoms with Gasteiger partial charge >= 0.3 is 0 Å². The molecule has 1 aromatic heterocycles. The fourth-order valence-electron chi connectivity index (χ4n) is 1.75. The number of benzene rings is 1. The van der Waals surface area contributed by atoms with E-state index in [0.717, 1.165) is 12.1 Å². The van der Waals surface area contributed by atoms with Crippen molar-refractivity contribution in [1.29, 1.82) is 0 Å². The molecule has 0 radical (unpaired) electrons. The summed E-state index contributed by atoms with van der Waals surface area (Å²) >= 11 is 0.